The Hall–Kier alpha value is -0.610. The summed E-state index contributed by atoms with van der Waals surface area (Å²) in [4.78, 5) is 9.10. The molecule has 1 atom stereocenters. The van der Waals surface area contributed by atoms with Gasteiger partial charge in [-0.1, -0.05) is 25.2 Å². The normalized spacial score (nSPS) is 21.3. The van der Waals surface area contributed by atoms with E-state index in [0.29, 0.717) is 6.04 Å². The monoisotopic (exact) mass is 307 g/mol. The van der Waals surface area contributed by atoms with E-state index < -0.39 is 0 Å². The Morgan fingerprint density at radius 1 is 1.24 bits per heavy atom. The van der Waals surface area contributed by atoms with Crippen LogP contribution in [0.3, 0.4) is 0 Å². The first-order chi connectivity index (χ1) is 10.3. The summed E-state index contributed by atoms with van der Waals surface area (Å²) in [5, 5.41) is 5.01. The number of aromatic nitrogens is 1. The van der Waals surface area contributed by atoms with Crippen LogP contribution in [0.15, 0.2) is 0 Å². The second-order valence-corrected chi connectivity index (χ2v) is 7.60. The number of anilines is 1. The lowest BCUT2D eigenvalue weighted by Crippen LogP contribution is -2.26. The molecule has 1 N–H and O–H groups in total. The lowest BCUT2D eigenvalue weighted by Gasteiger charge is -2.22. The summed E-state index contributed by atoms with van der Waals surface area (Å²) in [5.41, 5.74) is 1.38. The molecule has 0 saturated heterocycles. The van der Waals surface area contributed by atoms with E-state index in [2.05, 4.69) is 24.1 Å². The number of thiazole rings is 1. The molecule has 1 aromatic rings. The van der Waals surface area contributed by atoms with Crippen molar-refractivity contribution >= 4 is 16.5 Å². The van der Waals surface area contributed by atoms with Crippen molar-refractivity contribution in [3.8, 4) is 0 Å². The van der Waals surface area contributed by atoms with Gasteiger partial charge in [-0.15, -0.1) is 0 Å². The van der Waals surface area contributed by atoms with Crippen LogP contribution in [-0.2, 0) is 6.42 Å². The summed E-state index contributed by atoms with van der Waals surface area (Å²) in [6.07, 6.45) is 9.02. The number of fused-ring (bicyclic) bond motifs is 1. The second kappa shape index (κ2) is 7.10. The molecule has 0 amide bonds. The largest absolute Gasteiger partial charge is 0.348 e. The summed E-state index contributed by atoms with van der Waals surface area (Å²) < 4.78 is 0. The van der Waals surface area contributed by atoms with Gasteiger partial charge in [0.05, 0.1) is 5.69 Å². The van der Waals surface area contributed by atoms with Gasteiger partial charge in [0.1, 0.15) is 0 Å². The molecule has 0 spiro atoms. The highest BCUT2D eigenvalue weighted by Crippen LogP contribution is 2.39. The van der Waals surface area contributed by atoms with Gasteiger partial charge in [-0.2, -0.15) is 0 Å². The fourth-order valence-electron chi connectivity index (χ4n) is 3.20. The molecule has 2 aliphatic rings. The summed E-state index contributed by atoms with van der Waals surface area (Å²) in [5.74, 6) is 0.937. The van der Waals surface area contributed by atoms with Crippen LogP contribution >= 0.6 is 11.3 Å². The maximum atomic E-state index is 5.01. The van der Waals surface area contributed by atoms with Crippen LogP contribution in [0.4, 0.5) is 5.13 Å². The number of rotatable bonds is 8. The van der Waals surface area contributed by atoms with E-state index in [1.807, 2.05) is 11.3 Å². The van der Waals surface area contributed by atoms with Crippen LogP contribution < -0.4 is 10.2 Å². The van der Waals surface area contributed by atoms with Gasteiger partial charge in [0, 0.05) is 24.0 Å². The van der Waals surface area contributed by atoms with Crippen LogP contribution in [0.5, 0.6) is 0 Å². The zero-order valence-electron chi connectivity index (χ0n) is 13.5. The molecule has 0 aromatic carbocycles. The van der Waals surface area contributed by atoms with E-state index in [-0.39, 0.29) is 0 Å². The summed E-state index contributed by atoms with van der Waals surface area (Å²) >= 11 is 1.96. The second-order valence-electron chi connectivity index (χ2n) is 6.60. The highest BCUT2D eigenvalue weighted by Gasteiger charge is 2.28. The molecule has 0 bridgehead atoms. The fourth-order valence-corrected chi connectivity index (χ4v) is 4.46. The van der Waals surface area contributed by atoms with Crippen molar-refractivity contribution < 1.29 is 0 Å². The number of hydrogen-bond donors (Lipinski definition) is 1. The van der Waals surface area contributed by atoms with Crippen molar-refractivity contribution in [3.05, 3.63) is 10.6 Å². The first kappa shape index (κ1) is 15.3. The standard InChI is InChI=1S/C17H29N3S/c1-3-10-18-14-6-5-7-15-16(14)21-17(19-15)20(11-4-2)12-13-8-9-13/h13-14,18H,3-12H2,1-2H3. The highest BCUT2D eigenvalue weighted by molar-refractivity contribution is 7.15. The predicted molar refractivity (Wildman–Crippen MR) is 91.3 cm³/mol. The molecule has 1 saturated carbocycles. The van der Waals surface area contributed by atoms with Crippen LogP contribution in [0.1, 0.15) is 69.0 Å². The predicted octanol–water partition coefficient (Wildman–Crippen LogP) is 4.15. The number of aryl methyl sites for hydroxylation is 1. The first-order valence-electron chi connectivity index (χ1n) is 8.79. The van der Waals surface area contributed by atoms with E-state index >= 15 is 0 Å². The molecule has 1 unspecified atom stereocenters. The van der Waals surface area contributed by atoms with E-state index in [0.717, 1.165) is 19.0 Å². The van der Waals surface area contributed by atoms with Crippen LogP contribution in [0.25, 0.3) is 0 Å². The molecule has 0 radical (unpaired) electrons. The third kappa shape index (κ3) is 3.78. The molecule has 0 aliphatic heterocycles. The Balaban J connectivity index is 1.75. The number of hydrogen-bond acceptors (Lipinski definition) is 4. The van der Waals surface area contributed by atoms with Gasteiger partial charge >= 0.3 is 0 Å². The van der Waals surface area contributed by atoms with Gasteiger partial charge in [0.25, 0.3) is 0 Å². The molecular weight excluding hydrogens is 278 g/mol. The van der Waals surface area contributed by atoms with Crippen molar-refractivity contribution in [2.45, 2.75) is 64.8 Å². The lowest BCUT2D eigenvalue weighted by atomic mass is 9.98. The Bertz CT molecular complexity index is 453. The van der Waals surface area contributed by atoms with Crippen LogP contribution in [0.2, 0.25) is 0 Å². The molecule has 1 aromatic heterocycles. The lowest BCUT2D eigenvalue weighted by molar-refractivity contribution is 0.464. The summed E-state index contributed by atoms with van der Waals surface area (Å²) in [6, 6.07) is 0.560. The smallest absolute Gasteiger partial charge is 0.185 e. The summed E-state index contributed by atoms with van der Waals surface area (Å²) in [7, 11) is 0. The van der Waals surface area contributed by atoms with Gasteiger partial charge in [-0.3, -0.25) is 0 Å². The van der Waals surface area contributed by atoms with E-state index in [4.69, 9.17) is 4.98 Å². The van der Waals surface area contributed by atoms with Gasteiger partial charge in [-0.25, -0.2) is 4.98 Å². The molecule has 1 fully saturated rings. The first-order valence-corrected chi connectivity index (χ1v) is 9.61. The van der Waals surface area contributed by atoms with Crippen molar-refractivity contribution in [2.24, 2.45) is 5.92 Å². The molecular formula is C17H29N3S. The minimum atomic E-state index is 0.560. The molecule has 21 heavy (non-hydrogen) atoms. The molecule has 3 nitrogen and oxygen atoms in total. The van der Waals surface area contributed by atoms with E-state index in [1.165, 1.54) is 67.2 Å². The molecule has 1 heterocycles. The topological polar surface area (TPSA) is 28.2 Å². The minimum absolute atomic E-state index is 0.560. The van der Waals surface area contributed by atoms with E-state index in [9.17, 15) is 0 Å². The Morgan fingerprint density at radius 2 is 2.10 bits per heavy atom. The Kier molecular flexibility index (Phi) is 5.17. The summed E-state index contributed by atoms with van der Waals surface area (Å²) in [6.45, 7) is 8.04. The van der Waals surface area contributed by atoms with E-state index in [1.54, 1.807) is 0 Å². The molecule has 3 rings (SSSR count). The fraction of sp³-hybridized carbons (Fsp3) is 0.824. The Morgan fingerprint density at radius 3 is 2.81 bits per heavy atom. The Labute approximate surface area is 133 Å². The van der Waals surface area contributed by atoms with Gasteiger partial charge in [-0.05, 0) is 57.4 Å². The average Bonchev–Trinajstić information content (AvgIpc) is 3.20. The van der Waals surface area contributed by atoms with Gasteiger partial charge in [0.2, 0.25) is 0 Å². The van der Waals surface area contributed by atoms with Crippen molar-refractivity contribution in [1.29, 1.82) is 0 Å². The third-order valence-electron chi connectivity index (χ3n) is 4.52. The van der Waals surface area contributed by atoms with Gasteiger partial charge < -0.3 is 10.2 Å². The highest BCUT2D eigenvalue weighted by atomic mass is 32.1. The van der Waals surface area contributed by atoms with Crippen molar-refractivity contribution in [1.82, 2.24) is 10.3 Å². The SMILES string of the molecule is CCCNC1CCCc2nc(N(CCC)CC3CC3)sc21. The van der Waals surface area contributed by atoms with Crippen LogP contribution in [0, 0.1) is 5.92 Å². The number of nitrogens with one attached hydrogen (secondary N) is 1. The minimum Gasteiger partial charge on any atom is -0.348 e. The third-order valence-corrected chi connectivity index (χ3v) is 5.79. The maximum absolute atomic E-state index is 5.01. The van der Waals surface area contributed by atoms with Crippen molar-refractivity contribution in [3.63, 3.8) is 0 Å². The zero-order chi connectivity index (χ0) is 14.7. The maximum Gasteiger partial charge on any atom is 0.185 e. The molecule has 4 heteroatoms. The quantitative estimate of drug-likeness (QED) is 0.782. The van der Waals surface area contributed by atoms with Crippen LogP contribution in [-0.4, -0.2) is 24.6 Å². The molecule has 2 aliphatic carbocycles. The average molecular weight is 308 g/mol. The number of nitrogens with zero attached hydrogens (tertiary/aromatic N) is 2. The van der Waals surface area contributed by atoms with Crippen molar-refractivity contribution in [2.75, 3.05) is 24.5 Å². The zero-order valence-corrected chi connectivity index (χ0v) is 14.3. The van der Waals surface area contributed by atoms with Gasteiger partial charge in [0.15, 0.2) is 5.13 Å². The molecule has 118 valence electrons.